The molecule has 0 aromatic heterocycles. The molecule has 0 radical (unpaired) electrons. The number of nitrogens with zero attached hydrogens (tertiary/aromatic N) is 1. The van der Waals surface area contributed by atoms with Crippen molar-refractivity contribution in [3.05, 3.63) is 29.1 Å². The van der Waals surface area contributed by atoms with E-state index in [1.54, 1.807) is 18.4 Å². The third kappa shape index (κ3) is 1.57. The molecule has 1 aromatic rings. The molecule has 2 nitrogen and oxygen atoms in total. The Balaban J connectivity index is 2.66. The number of rotatable bonds is 1. The van der Waals surface area contributed by atoms with Crippen LogP contribution in [0.2, 0.25) is 0 Å². The van der Waals surface area contributed by atoms with Gasteiger partial charge in [0.05, 0.1) is 21.2 Å². The van der Waals surface area contributed by atoms with E-state index in [0.717, 1.165) is 0 Å². The topological polar surface area (TPSA) is 29.4 Å². The number of halogens is 1. The number of hydrogen-bond donors (Lipinski definition) is 0. The van der Waals surface area contributed by atoms with Gasteiger partial charge in [0.15, 0.2) is 0 Å². The van der Waals surface area contributed by atoms with Gasteiger partial charge in [0.25, 0.3) is 0 Å². The molecule has 1 heterocycles. The van der Waals surface area contributed by atoms with Crippen LogP contribution in [0, 0.1) is 5.82 Å². The van der Waals surface area contributed by atoms with Gasteiger partial charge in [0, 0.05) is 11.8 Å². The van der Waals surface area contributed by atoms with Crippen molar-refractivity contribution >= 4 is 9.73 Å². The molecule has 0 aliphatic carbocycles. The molecule has 2 rings (SSSR count). The first-order chi connectivity index (χ1) is 6.93. The van der Waals surface area contributed by atoms with Gasteiger partial charge in [-0.2, -0.15) is 0 Å². The Kier molecular flexibility index (Phi) is 2.34. The van der Waals surface area contributed by atoms with Crippen molar-refractivity contribution in [1.29, 1.82) is 0 Å². The Hall–Kier alpha value is -0.900. The molecule has 1 unspecified atom stereocenters. The molecular weight excluding hydrogens is 213 g/mol. The van der Waals surface area contributed by atoms with Crippen LogP contribution in [0.15, 0.2) is 21.4 Å². The van der Waals surface area contributed by atoms with Gasteiger partial charge in [-0.15, -0.1) is 0 Å². The standard InChI is InChI=1S/C11H14FNOS/c1-7(2)8-4-5-10-9(11(8)12)6-13-15(10,3)14/h4-5,7H,6H2,1-3H3. The van der Waals surface area contributed by atoms with Gasteiger partial charge < -0.3 is 0 Å². The van der Waals surface area contributed by atoms with Crippen LogP contribution in [0.4, 0.5) is 4.39 Å². The maximum absolute atomic E-state index is 14.0. The largest absolute Gasteiger partial charge is 0.245 e. The molecule has 0 bridgehead atoms. The first kappa shape index (κ1) is 10.6. The molecule has 1 aromatic carbocycles. The molecule has 0 spiro atoms. The lowest BCUT2D eigenvalue weighted by Gasteiger charge is -2.10. The SMILES string of the molecule is CC(C)c1ccc2c(c1F)CN=S2(C)=O. The van der Waals surface area contributed by atoms with Crippen LogP contribution in [-0.2, 0) is 16.3 Å². The molecule has 0 fully saturated rings. The second-order valence-corrected chi connectivity index (χ2v) is 6.49. The van der Waals surface area contributed by atoms with E-state index in [0.29, 0.717) is 16.0 Å². The van der Waals surface area contributed by atoms with Gasteiger partial charge in [-0.1, -0.05) is 19.9 Å². The summed E-state index contributed by atoms with van der Waals surface area (Å²) in [4.78, 5) is 0.574. The van der Waals surface area contributed by atoms with Crippen molar-refractivity contribution in [2.45, 2.75) is 31.2 Å². The maximum atomic E-state index is 14.0. The van der Waals surface area contributed by atoms with E-state index in [9.17, 15) is 8.60 Å². The van der Waals surface area contributed by atoms with Crippen LogP contribution < -0.4 is 0 Å². The Morgan fingerprint density at radius 1 is 1.47 bits per heavy atom. The Bertz CT molecular complexity index is 528. The lowest BCUT2D eigenvalue weighted by atomic mass is 10.00. The zero-order valence-corrected chi connectivity index (χ0v) is 9.90. The van der Waals surface area contributed by atoms with E-state index in [1.807, 2.05) is 13.8 Å². The van der Waals surface area contributed by atoms with E-state index in [1.165, 1.54) is 0 Å². The molecule has 1 aliphatic heterocycles. The molecule has 0 saturated carbocycles. The lowest BCUT2D eigenvalue weighted by molar-refractivity contribution is 0.579. The van der Waals surface area contributed by atoms with Gasteiger partial charge in [-0.25, -0.2) is 13.0 Å². The van der Waals surface area contributed by atoms with Gasteiger partial charge in [0.1, 0.15) is 5.82 Å². The van der Waals surface area contributed by atoms with Crippen LogP contribution in [0.1, 0.15) is 30.9 Å². The third-order valence-electron chi connectivity index (χ3n) is 2.73. The molecule has 1 atom stereocenters. The zero-order valence-electron chi connectivity index (χ0n) is 9.08. The highest BCUT2D eigenvalue weighted by atomic mass is 32.2. The van der Waals surface area contributed by atoms with Gasteiger partial charge in [0.2, 0.25) is 0 Å². The van der Waals surface area contributed by atoms with Crippen molar-refractivity contribution in [1.82, 2.24) is 0 Å². The maximum Gasteiger partial charge on any atom is 0.132 e. The second kappa shape index (κ2) is 3.30. The molecular formula is C11H14FNOS. The molecule has 4 heteroatoms. The molecule has 15 heavy (non-hydrogen) atoms. The van der Waals surface area contributed by atoms with E-state index in [2.05, 4.69) is 4.36 Å². The van der Waals surface area contributed by atoms with Crippen LogP contribution >= 0.6 is 0 Å². The highest BCUT2D eigenvalue weighted by Crippen LogP contribution is 2.32. The fraction of sp³-hybridized carbons (Fsp3) is 0.455. The van der Waals surface area contributed by atoms with Crippen LogP contribution in [0.5, 0.6) is 0 Å². The van der Waals surface area contributed by atoms with E-state index < -0.39 is 9.73 Å². The minimum atomic E-state index is -2.34. The summed E-state index contributed by atoms with van der Waals surface area (Å²) in [6.45, 7) is 4.14. The summed E-state index contributed by atoms with van der Waals surface area (Å²) in [5, 5.41) is 0. The third-order valence-corrected chi connectivity index (χ3v) is 4.55. The van der Waals surface area contributed by atoms with Crippen molar-refractivity contribution < 1.29 is 8.60 Å². The highest BCUT2D eigenvalue weighted by molar-refractivity contribution is 7.93. The summed E-state index contributed by atoms with van der Waals surface area (Å²) in [6, 6.07) is 3.48. The number of fused-ring (bicyclic) bond motifs is 1. The average Bonchev–Trinajstić information content (AvgIpc) is 2.43. The summed E-state index contributed by atoms with van der Waals surface area (Å²) in [5.74, 6) is -0.0814. The number of benzene rings is 1. The molecule has 0 amide bonds. The van der Waals surface area contributed by atoms with Crippen molar-refractivity contribution in [2.24, 2.45) is 4.36 Å². The summed E-state index contributed by atoms with van der Waals surface area (Å²) in [7, 11) is -2.34. The predicted octanol–water partition coefficient (Wildman–Crippen LogP) is 2.92. The normalized spacial score (nSPS) is 24.1. The average molecular weight is 227 g/mol. The first-order valence-corrected chi connectivity index (χ1v) is 6.85. The van der Waals surface area contributed by atoms with Crippen LogP contribution in [0.3, 0.4) is 0 Å². The Labute approximate surface area is 89.7 Å². The fourth-order valence-corrected chi connectivity index (χ4v) is 3.27. The van der Waals surface area contributed by atoms with Crippen molar-refractivity contribution in [2.75, 3.05) is 6.26 Å². The molecule has 0 N–H and O–H groups in total. The minimum absolute atomic E-state index is 0.142. The number of hydrogen-bond acceptors (Lipinski definition) is 2. The van der Waals surface area contributed by atoms with E-state index >= 15 is 0 Å². The summed E-state index contributed by atoms with van der Waals surface area (Å²) in [5.41, 5.74) is 1.20. The van der Waals surface area contributed by atoms with Crippen molar-refractivity contribution in [3.63, 3.8) is 0 Å². The summed E-state index contributed by atoms with van der Waals surface area (Å²) >= 11 is 0. The zero-order chi connectivity index (χ0) is 11.2. The Morgan fingerprint density at radius 2 is 2.13 bits per heavy atom. The lowest BCUT2D eigenvalue weighted by Crippen LogP contribution is -2.01. The molecule has 1 aliphatic rings. The first-order valence-electron chi connectivity index (χ1n) is 4.92. The van der Waals surface area contributed by atoms with Crippen LogP contribution in [-0.4, -0.2) is 10.5 Å². The fourth-order valence-electron chi connectivity index (χ4n) is 1.83. The summed E-state index contributed by atoms with van der Waals surface area (Å²) in [6.07, 6.45) is 1.56. The van der Waals surface area contributed by atoms with Gasteiger partial charge in [-0.3, -0.25) is 0 Å². The monoisotopic (exact) mass is 227 g/mol. The van der Waals surface area contributed by atoms with E-state index in [-0.39, 0.29) is 18.3 Å². The second-order valence-electron chi connectivity index (χ2n) is 4.19. The quantitative estimate of drug-likeness (QED) is 0.725. The minimum Gasteiger partial charge on any atom is -0.245 e. The van der Waals surface area contributed by atoms with E-state index in [4.69, 9.17) is 0 Å². The smallest absolute Gasteiger partial charge is 0.132 e. The van der Waals surface area contributed by atoms with Crippen molar-refractivity contribution in [3.8, 4) is 0 Å². The summed E-state index contributed by atoms with van der Waals surface area (Å²) < 4.78 is 29.9. The predicted molar refractivity (Wildman–Crippen MR) is 59.0 cm³/mol. The molecule has 82 valence electrons. The molecule has 0 saturated heterocycles. The van der Waals surface area contributed by atoms with Gasteiger partial charge >= 0.3 is 0 Å². The van der Waals surface area contributed by atoms with Gasteiger partial charge in [-0.05, 0) is 17.5 Å². The Morgan fingerprint density at radius 3 is 2.73 bits per heavy atom. The van der Waals surface area contributed by atoms with Crippen LogP contribution in [0.25, 0.3) is 0 Å². The highest BCUT2D eigenvalue weighted by Gasteiger charge is 2.24.